The SMILES string of the molecule is COc1ccc(C2C(C(=O)Nc3ccccn3)=C(C)Nc3nc(-c4ccccc4Cl)nn32)cc1. The number of fused-ring (bicyclic) bond motifs is 1. The van der Waals surface area contributed by atoms with Crippen molar-refractivity contribution in [3.05, 3.63) is 94.8 Å². The highest BCUT2D eigenvalue weighted by molar-refractivity contribution is 6.33. The van der Waals surface area contributed by atoms with Crippen molar-refractivity contribution in [1.82, 2.24) is 19.7 Å². The molecule has 8 nitrogen and oxygen atoms in total. The van der Waals surface area contributed by atoms with Crippen molar-refractivity contribution in [2.75, 3.05) is 17.7 Å². The van der Waals surface area contributed by atoms with Crippen molar-refractivity contribution in [3.8, 4) is 17.1 Å². The highest BCUT2D eigenvalue weighted by atomic mass is 35.5. The molecule has 34 heavy (non-hydrogen) atoms. The van der Waals surface area contributed by atoms with E-state index >= 15 is 0 Å². The van der Waals surface area contributed by atoms with E-state index in [0.717, 1.165) is 5.56 Å². The maximum absolute atomic E-state index is 13.5. The van der Waals surface area contributed by atoms with E-state index in [9.17, 15) is 4.79 Å². The first-order valence-corrected chi connectivity index (χ1v) is 11.0. The number of hydrogen-bond donors (Lipinski definition) is 2. The first kappa shape index (κ1) is 21.7. The molecule has 1 unspecified atom stereocenters. The molecule has 2 aromatic carbocycles. The summed E-state index contributed by atoms with van der Waals surface area (Å²) in [5.74, 6) is 1.87. The Morgan fingerprint density at radius 1 is 1.09 bits per heavy atom. The first-order chi connectivity index (χ1) is 16.5. The van der Waals surface area contributed by atoms with E-state index in [2.05, 4.69) is 20.6 Å². The van der Waals surface area contributed by atoms with E-state index in [1.807, 2.05) is 55.5 Å². The molecule has 0 bridgehead atoms. The van der Waals surface area contributed by atoms with Crippen LogP contribution in [0.15, 0.2) is 84.2 Å². The third-order valence-electron chi connectivity index (χ3n) is 5.55. The molecule has 9 heteroatoms. The maximum Gasteiger partial charge on any atom is 0.257 e. The van der Waals surface area contributed by atoms with Crippen LogP contribution in [0.25, 0.3) is 11.4 Å². The molecule has 1 atom stereocenters. The number of nitrogens with one attached hydrogen (secondary N) is 2. The largest absolute Gasteiger partial charge is 0.497 e. The molecule has 1 amide bonds. The van der Waals surface area contributed by atoms with E-state index < -0.39 is 6.04 Å². The Kier molecular flexibility index (Phi) is 5.73. The average molecular weight is 473 g/mol. The number of allylic oxidation sites excluding steroid dienone is 1. The van der Waals surface area contributed by atoms with Crippen LogP contribution in [-0.4, -0.2) is 32.8 Å². The van der Waals surface area contributed by atoms with E-state index in [4.69, 9.17) is 21.4 Å². The van der Waals surface area contributed by atoms with Crippen molar-refractivity contribution in [2.45, 2.75) is 13.0 Å². The number of rotatable bonds is 5. The third-order valence-corrected chi connectivity index (χ3v) is 5.88. The van der Waals surface area contributed by atoms with Gasteiger partial charge in [-0.25, -0.2) is 9.67 Å². The van der Waals surface area contributed by atoms with Crippen molar-refractivity contribution in [3.63, 3.8) is 0 Å². The Morgan fingerprint density at radius 2 is 1.85 bits per heavy atom. The number of carbonyl (C=O) groups excluding carboxylic acids is 1. The number of methoxy groups -OCH3 is 1. The summed E-state index contributed by atoms with van der Waals surface area (Å²) in [5.41, 5.74) is 2.72. The fraction of sp³-hybridized carbons (Fsp3) is 0.120. The summed E-state index contributed by atoms with van der Waals surface area (Å²) in [7, 11) is 1.61. The zero-order valence-corrected chi connectivity index (χ0v) is 19.2. The minimum Gasteiger partial charge on any atom is -0.497 e. The predicted molar refractivity (Wildman–Crippen MR) is 131 cm³/mol. The van der Waals surface area contributed by atoms with E-state index in [0.29, 0.717) is 45.2 Å². The number of carbonyl (C=O) groups is 1. The fourth-order valence-electron chi connectivity index (χ4n) is 3.92. The lowest BCUT2D eigenvalue weighted by Crippen LogP contribution is -2.31. The van der Waals surface area contributed by atoms with Gasteiger partial charge in [-0.2, -0.15) is 4.98 Å². The smallest absolute Gasteiger partial charge is 0.257 e. The molecule has 3 heterocycles. The van der Waals surface area contributed by atoms with Gasteiger partial charge >= 0.3 is 0 Å². The van der Waals surface area contributed by atoms with Crippen LogP contribution in [0, 0.1) is 0 Å². The lowest BCUT2D eigenvalue weighted by molar-refractivity contribution is -0.113. The number of hydrogen-bond acceptors (Lipinski definition) is 6. The molecule has 4 aromatic rings. The number of halogens is 1. The summed E-state index contributed by atoms with van der Waals surface area (Å²) in [6.45, 7) is 1.84. The van der Waals surface area contributed by atoms with Crippen LogP contribution in [0.4, 0.5) is 11.8 Å². The quantitative estimate of drug-likeness (QED) is 0.427. The third kappa shape index (κ3) is 3.99. The first-order valence-electron chi connectivity index (χ1n) is 10.6. The molecule has 2 N–H and O–H groups in total. The lowest BCUT2D eigenvalue weighted by Gasteiger charge is -2.28. The number of anilines is 2. The van der Waals surface area contributed by atoms with Crippen molar-refractivity contribution in [1.29, 1.82) is 0 Å². The highest BCUT2D eigenvalue weighted by Crippen LogP contribution is 2.38. The topological polar surface area (TPSA) is 94.0 Å². The Labute approximate surface area is 201 Å². The second kappa shape index (κ2) is 8.99. The Balaban J connectivity index is 1.61. The van der Waals surface area contributed by atoms with Crippen LogP contribution in [-0.2, 0) is 4.79 Å². The van der Waals surface area contributed by atoms with Gasteiger partial charge in [0.2, 0.25) is 5.95 Å². The van der Waals surface area contributed by atoms with Crippen molar-refractivity contribution in [2.24, 2.45) is 0 Å². The summed E-state index contributed by atoms with van der Waals surface area (Å²) in [6.07, 6.45) is 1.63. The van der Waals surface area contributed by atoms with Crippen molar-refractivity contribution < 1.29 is 9.53 Å². The van der Waals surface area contributed by atoms with E-state index in [1.165, 1.54) is 0 Å². The minimum atomic E-state index is -0.533. The molecule has 170 valence electrons. The Hall–Kier alpha value is -4.17. The van der Waals surface area contributed by atoms with Crippen LogP contribution >= 0.6 is 11.6 Å². The fourth-order valence-corrected chi connectivity index (χ4v) is 4.14. The van der Waals surface area contributed by atoms with E-state index in [-0.39, 0.29) is 5.91 Å². The van der Waals surface area contributed by atoms with Gasteiger partial charge in [-0.05, 0) is 48.9 Å². The zero-order chi connectivity index (χ0) is 23.7. The minimum absolute atomic E-state index is 0.287. The van der Waals surface area contributed by atoms with E-state index in [1.54, 1.807) is 36.2 Å². The normalized spacial score (nSPS) is 14.9. The molecule has 0 radical (unpaired) electrons. The summed E-state index contributed by atoms with van der Waals surface area (Å²) in [5, 5.41) is 11.4. The van der Waals surface area contributed by atoms with Crippen LogP contribution in [0.1, 0.15) is 18.5 Å². The molecule has 2 aromatic heterocycles. The molecule has 0 fully saturated rings. The number of amides is 1. The number of aromatic nitrogens is 4. The highest BCUT2D eigenvalue weighted by Gasteiger charge is 2.34. The van der Waals surface area contributed by atoms with Gasteiger partial charge < -0.3 is 15.4 Å². The van der Waals surface area contributed by atoms with Crippen LogP contribution in [0.5, 0.6) is 5.75 Å². The van der Waals surface area contributed by atoms with Gasteiger partial charge in [-0.1, -0.05) is 41.9 Å². The second-order valence-electron chi connectivity index (χ2n) is 7.69. The molecular weight excluding hydrogens is 452 g/mol. The number of ether oxygens (including phenoxy) is 1. The number of nitrogens with zero attached hydrogens (tertiary/aromatic N) is 4. The molecule has 1 aliphatic heterocycles. The monoisotopic (exact) mass is 472 g/mol. The standard InChI is InChI=1S/C25H21ClN6O2/c1-15-21(24(33)29-20-9-5-6-14-27-20)22(16-10-12-17(34-2)13-11-16)32-25(28-15)30-23(31-32)18-7-3-4-8-19(18)26/h3-14,22H,1-2H3,(H,27,29,33)(H,28,30,31). The van der Waals surface area contributed by atoms with Gasteiger partial charge in [0.05, 0.1) is 17.7 Å². The molecule has 0 aliphatic carbocycles. The molecule has 0 saturated carbocycles. The van der Waals surface area contributed by atoms with Crippen LogP contribution in [0.3, 0.4) is 0 Å². The summed E-state index contributed by atoms with van der Waals surface area (Å²) >= 11 is 6.40. The molecule has 5 rings (SSSR count). The zero-order valence-electron chi connectivity index (χ0n) is 18.5. The maximum atomic E-state index is 13.5. The van der Waals surface area contributed by atoms with Gasteiger partial charge in [0.25, 0.3) is 5.91 Å². The summed E-state index contributed by atoms with van der Waals surface area (Å²) in [6, 6.07) is 19.7. The van der Waals surface area contributed by atoms with Crippen LogP contribution in [0.2, 0.25) is 5.02 Å². The Morgan fingerprint density at radius 3 is 2.56 bits per heavy atom. The van der Waals surface area contributed by atoms with Crippen molar-refractivity contribution >= 4 is 29.3 Å². The predicted octanol–water partition coefficient (Wildman–Crippen LogP) is 4.93. The van der Waals surface area contributed by atoms with Gasteiger partial charge in [-0.3, -0.25) is 4.79 Å². The molecule has 0 saturated heterocycles. The van der Waals surface area contributed by atoms with Gasteiger partial charge in [-0.15, -0.1) is 5.10 Å². The van der Waals surface area contributed by atoms with Gasteiger partial charge in [0.15, 0.2) is 5.82 Å². The molecule has 0 spiro atoms. The van der Waals surface area contributed by atoms with Gasteiger partial charge in [0, 0.05) is 17.5 Å². The molecular formula is C25H21ClN6O2. The molecule has 1 aliphatic rings. The summed E-state index contributed by atoms with van der Waals surface area (Å²) in [4.78, 5) is 22.4. The van der Waals surface area contributed by atoms with Gasteiger partial charge in [0.1, 0.15) is 17.6 Å². The lowest BCUT2D eigenvalue weighted by atomic mass is 9.95. The average Bonchev–Trinajstić information content (AvgIpc) is 3.27. The number of benzene rings is 2. The second-order valence-corrected chi connectivity index (χ2v) is 8.10. The Bertz CT molecular complexity index is 1380. The summed E-state index contributed by atoms with van der Waals surface area (Å²) < 4.78 is 7.02. The number of pyridine rings is 1. The van der Waals surface area contributed by atoms with Crippen LogP contribution < -0.4 is 15.4 Å².